The molecule has 2 amide bonds. The average Bonchev–Trinajstić information content (AvgIpc) is 2.66. The van der Waals surface area contributed by atoms with E-state index in [1.165, 1.54) is 4.90 Å². The molecule has 2 aromatic rings. The Morgan fingerprint density at radius 1 is 1.04 bits per heavy atom. The summed E-state index contributed by atoms with van der Waals surface area (Å²) in [5.41, 5.74) is 2.72. The summed E-state index contributed by atoms with van der Waals surface area (Å²) in [4.78, 5) is 28.4. The van der Waals surface area contributed by atoms with Gasteiger partial charge in [-0.1, -0.05) is 43.7 Å². The quantitative estimate of drug-likeness (QED) is 0.730. The van der Waals surface area contributed by atoms with Gasteiger partial charge in [-0.15, -0.1) is 11.8 Å². The Morgan fingerprint density at radius 2 is 1.63 bits per heavy atom. The van der Waals surface area contributed by atoms with Crippen molar-refractivity contribution in [1.29, 1.82) is 0 Å². The van der Waals surface area contributed by atoms with Crippen LogP contribution in [0.2, 0.25) is 0 Å². The molecular weight excluding hydrogens is 356 g/mol. The number of likely N-dealkylation sites (N-methyl/N-ethyl adjacent to an activating group) is 1. The van der Waals surface area contributed by atoms with Crippen molar-refractivity contribution < 1.29 is 9.59 Å². The molecule has 1 unspecified atom stereocenters. The molecule has 0 aromatic heterocycles. The molecule has 27 heavy (non-hydrogen) atoms. The third kappa shape index (κ3) is 5.86. The summed E-state index contributed by atoms with van der Waals surface area (Å²) in [6.07, 6.45) is 2.04. The van der Waals surface area contributed by atoms with Crippen LogP contribution in [0.3, 0.4) is 0 Å². The molecule has 0 bridgehead atoms. The third-order valence-electron chi connectivity index (χ3n) is 4.49. The number of nitrogens with zero attached hydrogens (tertiary/aromatic N) is 1. The second-order valence-corrected chi connectivity index (χ2v) is 7.98. The van der Waals surface area contributed by atoms with Gasteiger partial charge in [-0.3, -0.25) is 9.59 Å². The predicted molar refractivity (Wildman–Crippen MR) is 112 cm³/mol. The highest BCUT2D eigenvalue weighted by Gasteiger charge is 2.27. The number of hydrogen-bond acceptors (Lipinski definition) is 3. The fourth-order valence-corrected chi connectivity index (χ4v) is 3.17. The summed E-state index contributed by atoms with van der Waals surface area (Å²) in [6, 6.07) is 15.0. The summed E-state index contributed by atoms with van der Waals surface area (Å²) in [7, 11) is 1.78. The molecule has 0 aliphatic rings. The van der Waals surface area contributed by atoms with Gasteiger partial charge in [-0.05, 0) is 48.9 Å². The van der Waals surface area contributed by atoms with Gasteiger partial charge in [0, 0.05) is 24.1 Å². The molecule has 2 aromatic carbocycles. The highest BCUT2D eigenvalue weighted by Crippen LogP contribution is 2.16. The van der Waals surface area contributed by atoms with Gasteiger partial charge in [0.05, 0.1) is 0 Å². The minimum atomic E-state index is -0.561. The van der Waals surface area contributed by atoms with Crippen LogP contribution in [0.5, 0.6) is 0 Å². The summed E-state index contributed by atoms with van der Waals surface area (Å²) < 4.78 is 0. The number of aryl methyl sites for hydroxylation is 1. The third-order valence-corrected chi connectivity index (χ3v) is 5.23. The first-order valence-corrected chi connectivity index (χ1v) is 10.3. The van der Waals surface area contributed by atoms with E-state index >= 15 is 0 Å². The molecule has 1 N–H and O–H groups in total. The van der Waals surface area contributed by atoms with Gasteiger partial charge in [0.2, 0.25) is 5.91 Å². The minimum Gasteiger partial charge on any atom is -0.340 e. The van der Waals surface area contributed by atoms with E-state index in [-0.39, 0.29) is 17.7 Å². The lowest BCUT2D eigenvalue weighted by Gasteiger charge is -2.27. The Kier molecular flexibility index (Phi) is 7.48. The number of thioether (sulfide) groups is 1. The molecule has 0 radical (unpaired) electrons. The van der Waals surface area contributed by atoms with Crippen LogP contribution in [0.1, 0.15) is 35.3 Å². The van der Waals surface area contributed by atoms with E-state index in [1.807, 2.05) is 51.3 Å². The van der Waals surface area contributed by atoms with E-state index in [0.717, 1.165) is 11.1 Å². The van der Waals surface area contributed by atoms with Crippen molar-refractivity contribution in [1.82, 2.24) is 10.2 Å². The van der Waals surface area contributed by atoms with Crippen molar-refractivity contribution in [3.8, 4) is 0 Å². The number of nitrogens with one attached hydrogen (secondary N) is 1. The highest BCUT2D eigenvalue weighted by atomic mass is 32.2. The van der Waals surface area contributed by atoms with Gasteiger partial charge in [0.15, 0.2) is 0 Å². The minimum absolute atomic E-state index is 0.00628. The molecule has 4 nitrogen and oxygen atoms in total. The van der Waals surface area contributed by atoms with Gasteiger partial charge >= 0.3 is 0 Å². The highest BCUT2D eigenvalue weighted by molar-refractivity contribution is 7.98. The number of carbonyl (C=O) groups is 2. The predicted octanol–water partition coefficient (Wildman–Crippen LogP) is 4.13. The Bertz CT molecular complexity index is 770. The first-order valence-electron chi connectivity index (χ1n) is 9.07. The maximum absolute atomic E-state index is 12.9. The molecule has 1 atom stereocenters. The topological polar surface area (TPSA) is 49.4 Å². The van der Waals surface area contributed by atoms with Crippen molar-refractivity contribution in [3.05, 3.63) is 65.2 Å². The molecule has 2 rings (SSSR count). The first-order chi connectivity index (χ1) is 12.8. The number of benzene rings is 2. The number of rotatable bonds is 7. The van der Waals surface area contributed by atoms with Gasteiger partial charge < -0.3 is 10.2 Å². The lowest BCUT2D eigenvalue weighted by Crippen LogP contribution is -2.50. The van der Waals surface area contributed by atoms with E-state index in [2.05, 4.69) is 17.4 Å². The second-order valence-electron chi connectivity index (χ2n) is 7.10. The van der Waals surface area contributed by atoms with E-state index in [9.17, 15) is 9.59 Å². The largest absolute Gasteiger partial charge is 0.340 e. The normalized spacial score (nSPS) is 11.9. The maximum atomic E-state index is 12.9. The summed E-state index contributed by atoms with van der Waals surface area (Å²) >= 11 is 1.69. The molecule has 0 fully saturated rings. The van der Waals surface area contributed by atoms with Gasteiger partial charge in [0.1, 0.15) is 6.04 Å². The molecule has 0 spiro atoms. The second kappa shape index (κ2) is 9.60. The summed E-state index contributed by atoms with van der Waals surface area (Å²) in [5.74, 6) is -0.313. The zero-order valence-corrected chi connectivity index (χ0v) is 17.5. The van der Waals surface area contributed by atoms with E-state index in [0.29, 0.717) is 12.1 Å². The van der Waals surface area contributed by atoms with Crippen LogP contribution in [0.4, 0.5) is 0 Å². The van der Waals surface area contributed by atoms with Crippen molar-refractivity contribution in [2.24, 2.45) is 5.92 Å². The van der Waals surface area contributed by atoms with Crippen LogP contribution in [-0.2, 0) is 11.3 Å². The standard InChI is InChI=1S/C22H28N2O2S/c1-15(2)20(23-21(25)18-10-6-16(3)7-11-18)22(26)24(4)14-17-8-12-19(27-5)13-9-17/h6-13,15,20H,14H2,1-5H3,(H,23,25). The Balaban J connectivity index is 2.06. The Labute approximate surface area is 166 Å². The lowest BCUT2D eigenvalue weighted by molar-refractivity contribution is -0.133. The van der Waals surface area contributed by atoms with Crippen LogP contribution >= 0.6 is 11.8 Å². The number of hydrogen-bond donors (Lipinski definition) is 1. The first kappa shape index (κ1) is 21.0. The molecule has 0 heterocycles. The molecule has 5 heteroatoms. The van der Waals surface area contributed by atoms with Crippen molar-refractivity contribution in [2.45, 2.75) is 38.3 Å². The van der Waals surface area contributed by atoms with Crippen LogP contribution in [0.15, 0.2) is 53.4 Å². The molecule has 0 aliphatic carbocycles. The van der Waals surface area contributed by atoms with Crippen molar-refractivity contribution >= 4 is 23.6 Å². The average molecular weight is 385 g/mol. The zero-order valence-electron chi connectivity index (χ0n) is 16.7. The smallest absolute Gasteiger partial charge is 0.251 e. The number of amides is 2. The van der Waals surface area contributed by atoms with Crippen LogP contribution in [0.25, 0.3) is 0 Å². The fraction of sp³-hybridized carbons (Fsp3) is 0.364. The van der Waals surface area contributed by atoms with Gasteiger partial charge in [0.25, 0.3) is 5.91 Å². The van der Waals surface area contributed by atoms with Crippen molar-refractivity contribution in [2.75, 3.05) is 13.3 Å². The Hall–Kier alpha value is -2.27. The lowest BCUT2D eigenvalue weighted by atomic mass is 10.0. The van der Waals surface area contributed by atoms with Gasteiger partial charge in [-0.25, -0.2) is 0 Å². The molecule has 144 valence electrons. The summed E-state index contributed by atoms with van der Waals surface area (Å²) in [6.45, 7) is 6.37. The van der Waals surface area contributed by atoms with E-state index in [1.54, 1.807) is 35.8 Å². The van der Waals surface area contributed by atoms with Crippen LogP contribution in [-0.4, -0.2) is 36.1 Å². The van der Waals surface area contributed by atoms with Crippen molar-refractivity contribution in [3.63, 3.8) is 0 Å². The zero-order chi connectivity index (χ0) is 20.0. The maximum Gasteiger partial charge on any atom is 0.251 e. The van der Waals surface area contributed by atoms with Crippen LogP contribution < -0.4 is 5.32 Å². The monoisotopic (exact) mass is 384 g/mol. The number of carbonyl (C=O) groups excluding carboxylic acids is 2. The Morgan fingerprint density at radius 3 is 2.15 bits per heavy atom. The van der Waals surface area contributed by atoms with E-state index < -0.39 is 6.04 Å². The fourth-order valence-electron chi connectivity index (χ4n) is 2.76. The van der Waals surface area contributed by atoms with Gasteiger partial charge in [-0.2, -0.15) is 0 Å². The molecule has 0 aliphatic heterocycles. The summed E-state index contributed by atoms with van der Waals surface area (Å²) in [5, 5.41) is 2.90. The SMILES string of the molecule is CSc1ccc(CN(C)C(=O)C(NC(=O)c2ccc(C)cc2)C(C)C)cc1. The molecule has 0 saturated carbocycles. The van der Waals surface area contributed by atoms with Crippen LogP contribution in [0, 0.1) is 12.8 Å². The molecule has 0 saturated heterocycles. The molecular formula is C22H28N2O2S. The van der Waals surface area contributed by atoms with E-state index in [4.69, 9.17) is 0 Å².